The maximum absolute atomic E-state index is 12.3. The monoisotopic (exact) mass is 370 g/mol. The fourth-order valence-electron chi connectivity index (χ4n) is 2.38. The van der Waals surface area contributed by atoms with Crippen LogP contribution in [-0.2, 0) is 9.53 Å². The van der Waals surface area contributed by atoms with Crippen LogP contribution in [0.15, 0.2) is 48.5 Å². The quantitative estimate of drug-likeness (QED) is 0.402. The number of hydrogen-bond acceptors (Lipinski definition) is 6. The molecule has 6 nitrogen and oxygen atoms in total. The van der Waals surface area contributed by atoms with Crippen molar-refractivity contribution in [2.75, 3.05) is 21.3 Å². The van der Waals surface area contributed by atoms with Gasteiger partial charge in [-0.25, -0.2) is 4.79 Å². The van der Waals surface area contributed by atoms with Gasteiger partial charge in [0.25, 0.3) is 0 Å². The zero-order valence-electron chi connectivity index (χ0n) is 15.7. The molecule has 0 saturated carbocycles. The average Bonchev–Trinajstić information content (AvgIpc) is 2.71. The molecule has 1 atom stereocenters. The molecule has 0 aromatic heterocycles. The van der Waals surface area contributed by atoms with Crippen molar-refractivity contribution in [2.24, 2.45) is 0 Å². The summed E-state index contributed by atoms with van der Waals surface area (Å²) in [7, 11) is 4.63. The van der Waals surface area contributed by atoms with Crippen molar-refractivity contribution in [2.45, 2.75) is 13.0 Å². The van der Waals surface area contributed by atoms with Gasteiger partial charge >= 0.3 is 5.97 Å². The first-order chi connectivity index (χ1) is 13.0. The predicted molar refractivity (Wildman–Crippen MR) is 101 cm³/mol. The molecule has 0 amide bonds. The Labute approximate surface area is 158 Å². The Balaban J connectivity index is 1.99. The molecular weight excluding hydrogens is 348 g/mol. The zero-order chi connectivity index (χ0) is 19.8. The summed E-state index contributed by atoms with van der Waals surface area (Å²) in [4.78, 5) is 24.3. The SMILES string of the molecule is COc1ccc(C(=O)[C@@H](C)OC(=O)/C=C/c2ccc(OC)c(OC)c2)cc1. The van der Waals surface area contributed by atoms with E-state index in [4.69, 9.17) is 18.9 Å². The number of ketones is 1. The number of hydrogen-bond donors (Lipinski definition) is 0. The van der Waals surface area contributed by atoms with Crippen molar-refractivity contribution in [1.29, 1.82) is 0 Å². The third kappa shape index (κ3) is 5.34. The first-order valence-corrected chi connectivity index (χ1v) is 8.27. The minimum Gasteiger partial charge on any atom is -0.497 e. The number of methoxy groups -OCH3 is 3. The number of Topliss-reactive ketones (excluding diaryl/α,β-unsaturated/α-hetero) is 1. The first-order valence-electron chi connectivity index (χ1n) is 8.27. The standard InChI is InChI=1S/C21H22O6/c1-14(21(23)16-7-9-17(24-2)10-8-16)27-20(22)12-6-15-5-11-18(25-3)19(13-15)26-4/h5-14H,1-4H3/b12-6+/t14-/m1/s1. The Morgan fingerprint density at radius 3 is 2.15 bits per heavy atom. The van der Waals surface area contributed by atoms with Crippen LogP contribution in [0.1, 0.15) is 22.8 Å². The number of rotatable bonds is 8. The van der Waals surface area contributed by atoms with Crippen LogP contribution in [-0.4, -0.2) is 39.2 Å². The van der Waals surface area contributed by atoms with Gasteiger partial charge in [0.1, 0.15) is 5.75 Å². The van der Waals surface area contributed by atoms with Crippen LogP contribution in [0.4, 0.5) is 0 Å². The van der Waals surface area contributed by atoms with Crippen LogP contribution in [0.25, 0.3) is 6.08 Å². The van der Waals surface area contributed by atoms with E-state index in [9.17, 15) is 9.59 Å². The highest BCUT2D eigenvalue weighted by molar-refractivity contribution is 6.01. The molecular formula is C21H22O6. The number of carbonyl (C=O) groups excluding carboxylic acids is 2. The van der Waals surface area contributed by atoms with Gasteiger partial charge in [-0.2, -0.15) is 0 Å². The van der Waals surface area contributed by atoms with Gasteiger partial charge in [0.2, 0.25) is 5.78 Å². The highest BCUT2D eigenvalue weighted by atomic mass is 16.5. The molecule has 0 spiro atoms. The summed E-state index contributed by atoms with van der Waals surface area (Å²) in [5, 5.41) is 0. The van der Waals surface area contributed by atoms with Crippen molar-refractivity contribution in [3.05, 3.63) is 59.7 Å². The molecule has 0 radical (unpaired) electrons. The number of esters is 1. The highest BCUT2D eigenvalue weighted by Crippen LogP contribution is 2.28. The maximum atomic E-state index is 12.3. The van der Waals surface area contributed by atoms with E-state index in [1.807, 2.05) is 0 Å². The van der Waals surface area contributed by atoms with E-state index in [0.29, 0.717) is 22.8 Å². The summed E-state index contributed by atoms with van der Waals surface area (Å²) in [6.07, 6.45) is 1.94. The summed E-state index contributed by atoms with van der Waals surface area (Å²) in [5.74, 6) is 0.894. The Morgan fingerprint density at radius 2 is 1.56 bits per heavy atom. The fraction of sp³-hybridized carbons (Fsp3) is 0.238. The Bertz CT molecular complexity index is 823. The van der Waals surface area contributed by atoms with Crippen LogP contribution >= 0.6 is 0 Å². The van der Waals surface area contributed by atoms with Crippen LogP contribution in [0, 0.1) is 0 Å². The molecule has 2 rings (SSSR count). The van der Waals surface area contributed by atoms with E-state index < -0.39 is 12.1 Å². The van der Waals surface area contributed by atoms with Crippen molar-refractivity contribution < 1.29 is 28.5 Å². The molecule has 6 heteroatoms. The number of benzene rings is 2. The van der Waals surface area contributed by atoms with E-state index >= 15 is 0 Å². The molecule has 0 aliphatic heterocycles. The molecule has 0 aliphatic carbocycles. The van der Waals surface area contributed by atoms with Gasteiger partial charge in [0.05, 0.1) is 21.3 Å². The van der Waals surface area contributed by atoms with Gasteiger partial charge in [0.15, 0.2) is 17.6 Å². The van der Waals surface area contributed by atoms with Crippen LogP contribution in [0.2, 0.25) is 0 Å². The van der Waals surface area contributed by atoms with Crippen molar-refractivity contribution in [3.63, 3.8) is 0 Å². The molecule has 142 valence electrons. The lowest BCUT2D eigenvalue weighted by molar-refractivity contribution is -0.140. The van der Waals surface area contributed by atoms with E-state index in [2.05, 4.69) is 0 Å². The van der Waals surface area contributed by atoms with E-state index in [0.717, 1.165) is 5.56 Å². The van der Waals surface area contributed by atoms with Crippen molar-refractivity contribution >= 4 is 17.8 Å². The second kappa shape index (κ2) is 9.43. The van der Waals surface area contributed by atoms with Crippen LogP contribution in [0.5, 0.6) is 17.2 Å². The van der Waals surface area contributed by atoms with Crippen LogP contribution in [0.3, 0.4) is 0 Å². The number of ether oxygens (including phenoxy) is 4. The zero-order valence-corrected chi connectivity index (χ0v) is 15.7. The molecule has 0 fully saturated rings. The molecule has 0 saturated heterocycles. The Kier molecular flexibility index (Phi) is 7.00. The molecule has 2 aromatic carbocycles. The molecule has 0 bridgehead atoms. The van der Waals surface area contributed by atoms with Gasteiger partial charge in [-0.05, 0) is 55.0 Å². The summed E-state index contributed by atoms with van der Waals surface area (Å²) in [6.45, 7) is 1.54. The van der Waals surface area contributed by atoms with Gasteiger partial charge in [-0.15, -0.1) is 0 Å². The van der Waals surface area contributed by atoms with Gasteiger partial charge in [0, 0.05) is 11.6 Å². The molecule has 2 aromatic rings. The summed E-state index contributed by atoms with van der Waals surface area (Å²) in [5.41, 5.74) is 1.18. The predicted octanol–water partition coefficient (Wildman–Crippen LogP) is 3.54. The molecule has 27 heavy (non-hydrogen) atoms. The Morgan fingerprint density at radius 1 is 0.889 bits per heavy atom. The minimum atomic E-state index is -0.902. The fourth-order valence-corrected chi connectivity index (χ4v) is 2.38. The molecule has 0 N–H and O–H groups in total. The average molecular weight is 370 g/mol. The Hall–Kier alpha value is -3.28. The lowest BCUT2D eigenvalue weighted by Crippen LogP contribution is -2.23. The van der Waals surface area contributed by atoms with Crippen molar-refractivity contribution in [1.82, 2.24) is 0 Å². The topological polar surface area (TPSA) is 71.1 Å². The van der Waals surface area contributed by atoms with E-state index in [1.54, 1.807) is 62.8 Å². The molecule has 0 heterocycles. The lowest BCUT2D eigenvalue weighted by Gasteiger charge is -2.11. The van der Waals surface area contributed by atoms with Gasteiger partial charge in [-0.3, -0.25) is 4.79 Å². The molecule has 0 unspecified atom stereocenters. The van der Waals surface area contributed by atoms with Crippen LogP contribution < -0.4 is 14.2 Å². The first kappa shape index (κ1) is 20.0. The summed E-state index contributed by atoms with van der Waals surface area (Å²) in [6, 6.07) is 11.9. The summed E-state index contributed by atoms with van der Waals surface area (Å²) < 4.78 is 20.6. The third-order valence-corrected chi connectivity index (χ3v) is 3.86. The van der Waals surface area contributed by atoms with Gasteiger partial charge < -0.3 is 18.9 Å². The summed E-state index contributed by atoms with van der Waals surface area (Å²) >= 11 is 0. The molecule has 0 aliphatic rings. The maximum Gasteiger partial charge on any atom is 0.331 e. The van der Waals surface area contributed by atoms with E-state index in [1.165, 1.54) is 20.1 Å². The van der Waals surface area contributed by atoms with Gasteiger partial charge in [-0.1, -0.05) is 6.07 Å². The second-order valence-corrected chi connectivity index (χ2v) is 5.62. The normalized spacial score (nSPS) is 11.7. The minimum absolute atomic E-state index is 0.287. The largest absolute Gasteiger partial charge is 0.497 e. The lowest BCUT2D eigenvalue weighted by atomic mass is 10.1. The second-order valence-electron chi connectivity index (χ2n) is 5.62. The van der Waals surface area contributed by atoms with Crippen molar-refractivity contribution in [3.8, 4) is 17.2 Å². The third-order valence-electron chi connectivity index (χ3n) is 3.86. The number of carbonyl (C=O) groups is 2. The smallest absolute Gasteiger partial charge is 0.331 e. The highest BCUT2D eigenvalue weighted by Gasteiger charge is 2.18. The van der Waals surface area contributed by atoms with E-state index in [-0.39, 0.29) is 5.78 Å².